The minimum atomic E-state index is -0.285. The number of ether oxygens (including phenoxy) is 2. The molecule has 3 N–H and O–H groups in total. The first-order valence-corrected chi connectivity index (χ1v) is 5.86. The molecule has 0 aliphatic heterocycles. The summed E-state index contributed by atoms with van der Waals surface area (Å²) in [5, 5.41) is 3.14. The third kappa shape index (κ3) is 4.91. The SMILES string of the molecule is COCC(C)OCC(=O)Nc1cc(Cl)ccc1N. The van der Waals surface area contributed by atoms with E-state index < -0.39 is 0 Å². The third-order valence-corrected chi connectivity index (χ3v) is 2.42. The molecule has 0 saturated heterocycles. The Balaban J connectivity index is 2.47. The van der Waals surface area contributed by atoms with Gasteiger partial charge in [-0.1, -0.05) is 11.6 Å². The van der Waals surface area contributed by atoms with E-state index in [0.717, 1.165) is 0 Å². The lowest BCUT2D eigenvalue weighted by atomic mass is 10.2. The average Bonchev–Trinajstić information content (AvgIpc) is 2.32. The average molecular weight is 273 g/mol. The van der Waals surface area contributed by atoms with Crippen molar-refractivity contribution in [2.45, 2.75) is 13.0 Å². The van der Waals surface area contributed by atoms with Crippen molar-refractivity contribution < 1.29 is 14.3 Å². The molecular formula is C12H17ClN2O3. The van der Waals surface area contributed by atoms with Crippen molar-refractivity contribution in [3.05, 3.63) is 23.2 Å². The van der Waals surface area contributed by atoms with Crippen LogP contribution in [0.15, 0.2) is 18.2 Å². The maximum Gasteiger partial charge on any atom is 0.250 e. The van der Waals surface area contributed by atoms with Gasteiger partial charge < -0.3 is 20.5 Å². The monoisotopic (exact) mass is 272 g/mol. The largest absolute Gasteiger partial charge is 0.397 e. The fourth-order valence-electron chi connectivity index (χ4n) is 1.32. The fraction of sp³-hybridized carbons (Fsp3) is 0.417. The number of carbonyl (C=O) groups is 1. The Kier molecular flexibility index (Phi) is 5.91. The Morgan fingerprint density at radius 1 is 1.56 bits per heavy atom. The van der Waals surface area contributed by atoms with Crippen LogP contribution in [0.4, 0.5) is 11.4 Å². The first kappa shape index (κ1) is 14.8. The lowest BCUT2D eigenvalue weighted by Gasteiger charge is -2.12. The van der Waals surface area contributed by atoms with Gasteiger partial charge in [-0.15, -0.1) is 0 Å². The van der Waals surface area contributed by atoms with E-state index in [0.29, 0.717) is 23.0 Å². The summed E-state index contributed by atoms with van der Waals surface area (Å²) in [6.07, 6.45) is -0.141. The number of anilines is 2. The number of methoxy groups -OCH3 is 1. The Bertz CT molecular complexity index is 412. The molecule has 0 aliphatic carbocycles. The van der Waals surface area contributed by atoms with Crippen molar-refractivity contribution in [2.75, 3.05) is 31.4 Å². The molecule has 0 fully saturated rings. The quantitative estimate of drug-likeness (QED) is 0.776. The standard InChI is InChI=1S/C12H17ClN2O3/c1-8(6-17-2)18-7-12(16)15-11-5-9(13)3-4-10(11)14/h3-5,8H,6-7,14H2,1-2H3,(H,15,16). The smallest absolute Gasteiger partial charge is 0.250 e. The Labute approximate surface area is 111 Å². The zero-order valence-corrected chi connectivity index (χ0v) is 11.2. The molecule has 1 atom stereocenters. The highest BCUT2D eigenvalue weighted by Crippen LogP contribution is 2.22. The lowest BCUT2D eigenvalue weighted by molar-refractivity contribution is -0.123. The summed E-state index contributed by atoms with van der Waals surface area (Å²) >= 11 is 5.81. The molecule has 0 radical (unpaired) electrons. The molecule has 0 spiro atoms. The highest BCUT2D eigenvalue weighted by atomic mass is 35.5. The first-order valence-electron chi connectivity index (χ1n) is 5.48. The number of benzene rings is 1. The summed E-state index contributed by atoms with van der Waals surface area (Å²) in [6.45, 7) is 2.20. The molecule has 1 aromatic carbocycles. The molecule has 0 saturated carbocycles. The van der Waals surface area contributed by atoms with Gasteiger partial charge in [0.2, 0.25) is 5.91 Å². The summed E-state index contributed by atoms with van der Waals surface area (Å²) in [5.41, 5.74) is 6.65. The molecule has 6 heteroatoms. The van der Waals surface area contributed by atoms with E-state index in [1.807, 2.05) is 6.92 Å². The second-order valence-corrected chi connectivity index (χ2v) is 4.29. The number of rotatable bonds is 6. The van der Waals surface area contributed by atoms with Crippen LogP contribution < -0.4 is 11.1 Å². The summed E-state index contributed by atoms with van der Waals surface area (Å²) in [7, 11) is 1.58. The minimum absolute atomic E-state index is 0.0590. The van der Waals surface area contributed by atoms with E-state index in [2.05, 4.69) is 5.32 Å². The zero-order valence-electron chi connectivity index (χ0n) is 10.4. The second-order valence-electron chi connectivity index (χ2n) is 3.86. The van der Waals surface area contributed by atoms with E-state index in [1.165, 1.54) is 0 Å². The molecule has 1 unspecified atom stereocenters. The van der Waals surface area contributed by atoms with E-state index in [-0.39, 0.29) is 18.6 Å². The number of nitrogen functional groups attached to an aromatic ring is 1. The van der Waals surface area contributed by atoms with Crippen LogP contribution in [0.5, 0.6) is 0 Å². The maximum absolute atomic E-state index is 11.6. The Morgan fingerprint density at radius 3 is 2.94 bits per heavy atom. The number of hydrogen-bond acceptors (Lipinski definition) is 4. The number of nitrogens with two attached hydrogens (primary N) is 1. The molecule has 100 valence electrons. The second kappa shape index (κ2) is 7.20. The third-order valence-electron chi connectivity index (χ3n) is 2.19. The van der Waals surface area contributed by atoms with Gasteiger partial charge in [0.1, 0.15) is 6.61 Å². The van der Waals surface area contributed by atoms with Crippen molar-refractivity contribution in [3.63, 3.8) is 0 Å². The summed E-state index contributed by atoms with van der Waals surface area (Å²) < 4.78 is 10.2. The van der Waals surface area contributed by atoms with Gasteiger partial charge in [0.05, 0.1) is 24.1 Å². The van der Waals surface area contributed by atoms with Gasteiger partial charge in [-0.3, -0.25) is 4.79 Å². The first-order chi connectivity index (χ1) is 8.52. The van der Waals surface area contributed by atoms with Crippen LogP contribution in [0.3, 0.4) is 0 Å². The van der Waals surface area contributed by atoms with Gasteiger partial charge in [0.25, 0.3) is 0 Å². The van der Waals surface area contributed by atoms with Crippen LogP contribution >= 0.6 is 11.6 Å². The van der Waals surface area contributed by atoms with Gasteiger partial charge in [-0.25, -0.2) is 0 Å². The molecule has 1 amide bonds. The number of halogens is 1. The van der Waals surface area contributed by atoms with Crippen LogP contribution in [0.25, 0.3) is 0 Å². The lowest BCUT2D eigenvalue weighted by Crippen LogP contribution is -2.24. The van der Waals surface area contributed by atoms with Crippen LogP contribution in [0.1, 0.15) is 6.92 Å². The van der Waals surface area contributed by atoms with Gasteiger partial charge in [-0.2, -0.15) is 0 Å². The summed E-state index contributed by atoms with van der Waals surface area (Å²) in [4.78, 5) is 11.6. The Hall–Kier alpha value is -1.30. The number of amides is 1. The maximum atomic E-state index is 11.6. The van der Waals surface area contributed by atoms with Crippen molar-refractivity contribution in [2.24, 2.45) is 0 Å². The van der Waals surface area contributed by atoms with Crippen molar-refractivity contribution >= 4 is 28.9 Å². The van der Waals surface area contributed by atoms with E-state index in [1.54, 1.807) is 25.3 Å². The molecule has 0 aromatic heterocycles. The van der Waals surface area contributed by atoms with E-state index >= 15 is 0 Å². The minimum Gasteiger partial charge on any atom is -0.397 e. The van der Waals surface area contributed by atoms with E-state index in [4.69, 9.17) is 26.8 Å². The Morgan fingerprint density at radius 2 is 2.28 bits per heavy atom. The topological polar surface area (TPSA) is 73.6 Å². The summed E-state index contributed by atoms with van der Waals surface area (Å²) in [6, 6.07) is 4.88. The number of nitrogens with one attached hydrogen (secondary N) is 1. The number of hydrogen-bond donors (Lipinski definition) is 2. The highest BCUT2D eigenvalue weighted by molar-refractivity contribution is 6.31. The number of carbonyl (C=O) groups excluding carboxylic acids is 1. The normalized spacial score (nSPS) is 12.2. The fourth-order valence-corrected chi connectivity index (χ4v) is 1.50. The molecule has 0 heterocycles. The van der Waals surface area contributed by atoms with Crippen LogP contribution in [-0.2, 0) is 14.3 Å². The van der Waals surface area contributed by atoms with E-state index in [9.17, 15) is 4.79 Å². The molecule has 1 rings (SSSR count). The molecule has 0 bridgehead atoms. The zero-order chi connectivity index (χ0) is 13.5. The van der Waals surface area contributed by atoms with Crippen molar-refractivity contribution in [1.82, 2.24) is 0 Å². The molecule has 0 aliphatic rings. The van der Waals surface area contributed by atoms with Crippen molar-refractivity contribution in [3.8, 4) is 0 Å². The molecule has 18 heavy (non-hydrogen) atoms. The molecule has 1 aromatic rings. The van der Waals surface area contributed by atoms with Gasteiger partial charge in [0.15, 0.2) is 0 Å². The van der Waals surface area contributed by atoms with Crippen LogP contribution in [0.2, 0.25) is 5.02 Å². The molecular weight excluding hydrogens is 256 g/mol. The van der Waals surface area contributed by atoms with Gasteiger partial charge >= 0.3 is 0 Å². The van der Waals surface area contributed by atoms with Gasteiger partial charge in [-0.05, 0) is 25.1 Å². The van der Waals surface area contributed by atoms with Crippen LogP contribution in [0, 0.1) is 0 Å². The molecule has 5 nitrogen and oxygen atoms in total. The van der Waals surface area contributed by atoms with Crippen LogP contribution in [-0.4, -0.2) is 32.3 Å². The highest BCUT2D eigenvalue weighted by Gasteiger charge is 2.08. The van der Waals surface area contributed by atoms with Gasteiger partial charge in [0, 0.05) is 12.1 Å². The van der Waals surface area contributed by atoms with Crippen molar-refractivity contribution in [1.29, 1.82) is 0 Å². The predicted octanol–water partition coefficient (Wildman–Crippen LogP) is 1.91. The summed E-state index contributed by atoms with van der Waals surface area (Å²) in [5.74, 6) is -0.285. The predicted molar refractivity (Wildman–Crippen MR) is 71.8 cm³/mol.